The average Bonchev–Trinajstić information content (AvgIpc) is 3.44. The minimum atomic E-state index is -1.27. The Bertz CT molecular complexity index is 1240. The van der Waals surface area contributed by atoms with Gasteiger partial charge in [0.15, 0.2) is 23.2 Å². The molecule has 10 nitrogen and oxygen atoms in total. The highest BCUT2D eigenvalue weighted by Gasteiger charge is 2.44. The van der Waals surface area contributed by atoms with Crippen LogP contribution < -0.4 is 5.32 Å². The van der Waals surface area contributed by atoms with Crippen molar-refractivity contribution >= 4 is 17.0 Å². The standard InChI is InChI=1S/C24H25N5O5/c30-11-16-20(32)21(33)24(34-16)29-13-27-18-22(25-12-26-23(18)29)28-17(14-7-3-1-4-8-14)19(31)15-9-5-2-6-10-15/h1-10,12-13,16-17,19-21,24,30-33H,11H2,(H,25,26,28)/t16?,17-,19+,20?,21?,24?/m0/s1. The van der Waals surface area contributed by atoms with Gasteiger partial charge in [0.1, 0.15) is 30.7 Å². The van der Waals surface area contributed by atoms with Gasteiger partial charge in [0.2, 0.25) is 0 Å². The van der Waals surface area contributed by atoms with E-state index in [0.717, 1.165) is 11.1 Å². The molecule has 0 radical (unpaired) electrons. The molecule has 3 heterocycles. The smallest absolute Gasteiger partial charge is 0.167 e. The first kappa shape index (κ1) is 22.4. The topological polar surface area (TPSA) is 146 Å². The SMILES string of the molecule is OCC1OC(n2cnc3c(N[C@@H](c4ccccc4)[C@H](O)c4ccccc4)ncnc32)C(O)C1O. The number of aromatic nitrogens is 4. The molecule has 4 unspecified atom stereocenters. The molecule has 4 aromatic rings. The zero-order chi connectivity index (χ0) is 23.7. The number of hydrogen-bond donors (Lipinski definition) is 5. The van der Waals surface area contributed by atoms with E-state index in [1.165, 1.54) is 17.2 Å². The summed E-state index contributed by atoms with van der Waals surface area (Å²) in [5.74, 6) is 0.388. The lowest BCUT2D eigenvalue weighted by atomic mass is 9.96. The number of aliphatic hydroxyl groups is 4. The van der Waals surface area contributed by atoms with Gasteiger partial charge >= 0.3 is 0 Å². The molecule has 34 heavy (non-hydrogen) atoms. The van der Waals surface area contributed by atoms with Crippen LogP contribution in [0.15, 0.2) is 73.3 Å². The van der Waals surface area contributed by atoms with E-state index in [2.05, 4.69) is 20.3 Å². The van der Waals surface area contributed by atoms with Gasteiger partial charge in [-0.25, -0.2) is 15.0 Å². The molecule has 2 aromatic heterocycles. The fourth-order valence-electron chi connectivity index (χ4n) is 4.25. The predicted molar refractivity (Wildman–Crippen MR) is 123 cm³/mol. The van der Waals surface area contributed by atoms with Gasteiger partial charge in [-0.05, 0) is 11.1 Å². The summed E-state index contributed by atoms with van der Waals surface area (Å²) in [6.07, 6.45) is -2.48. The van der Waals surface area contributed by atoms with Crippen LogP contribution in [0, 0.1) is 0 Å². The van der Waals surface area contributed by atoms with Crippen LogP contribution in [0.2, 0.25) is 0 Å². The second-order valence-electron chi connectivity index (χ2n) is 8.16. The molecule has 0 amide bonds. The molecule has 2 aromatic carbocycles. The number of nitrogens with one attached hydrogen (secondary N) is 1. The van der Waals surface area contributed by atoms with E-state index in [4.69, 9.17) is 4.74 Å². The van der Waals surface area contributed by atoms with Crippen molar-refractivity contribution in [3.63, 3.8) is 0 Å². The molecule has 176 valence electrons. The molecule has 1 saturated heterocycles. The van der Waals surface area contributed by atoms with Crippen LogP contribution >= 0.6 is 0 Å². The summed E-state index contributed by atoms with van der Waals surface area (Å²) in [6, 6.07) is 18.3. The lowest BCUT2D eigenvalue weighted by Gasteiger charge is -2.25. The minimum Gasteiger partial charge on any atom is -0.394 e. The molecule has 5 rings (SSSR count). The maximum atomic E-state index is 11.2. The van der Waals surface area contributed by atoms with Crippen molar-refractivity contribution in [2.75, 3.05) is 11.9 Å². The Morgan fingerprint density at radius 1 is 0.912 bits per heavy atom. The molecule has 10 heteroatoms. The van der Waals surface area contributed by atoms with Crippen molar-refractivity contribution < 1.29 is 25.2 Å². The summed E-state index contributed by atoms with van der Waals surface area (Å²) < 4.78 is 7.12. The highest BCUT2D eigenvalue weighted by atomic mass is 16.6. The van der Waals surface area contributed by atoms with Gasteiger partial charge in [-0.15, -0.1) is 0 Å². The van der Waals surface area contributed by atoms with Crippen molar-refractivity contribution in [3.05, 3.63) is 84.4 Å². The summed E-state index contributed by atoms with van der Waals surface area (Å²) >= 11 is 0. The summed E-state index contributed by atoms with van der Waals surface area (Å²) in [5, 5.41) is 44.5. The second-order valence-corrected chi connectivity index (χ2v) is 8.16. The highest BCUT2D eigenvalue weighted by molar-refractivity contribution is 5.83. The number of ether oxygens (including phenoxy) is 1. The monoisotopic (exact) mass is 463 g/mol. The van der Waals surface area contributed by atoms with Crippen LogP contribution in [0.3, 0.4) is 0 Å². The van der Waals surface area contributed by atoms with E-state index in [1.54, 1.807) is 0 Å². The van der Waals surface area contributed by atoms with Crippen LogP contribution in [0.1, 0.15) is 29.5 Å². The van der Waals surface area contributed by atoms with Crippen LogP contribution in [0.4, 0.5) is 5.82 Å². The van der Waals surface area contributed by atoms with Gasteiger partial charge in [0, 0.05) is 0 Å². The summed E-state index contributed by atoms with van der Waals surface area (Å²) in [7, 11) is 0. The maximum Gasteiger partial charge on any atom is 0.167 e. The van der Waals surface area contributed by atoms with E-state index in [9.17, 15) is 20.4 Å². The lowest BCUT2D eigenvalue weighted by Crippen LogP contribution is -2.33. The van der Waals surface area contributed by atoms with Gasteiger partial charge in [-0.3, -0.25) is 4.57 Å². The number of hydrogen-bond acceptors (Lipinski definition) is 9. The molecule has 0 spiro atoms. The predicted octanol–water partition coefficient (Wildman–Crippen LogP) is 1.32. The van der Waals surface area contributed by atoms with Gasteiger partial charge in [-0.1, -0.05) is 60.7 Å². The number of anilines is 1. The Balaban J connectivity index is 1.51. The first-order valence-electron chi connectivity index (χ1n) is 10.9. The number of rotatable bonds is 7. The summed E-state index contributed by atoms with van der Waals surface area (Å²) in [4.78, 5) is 13.1. The number of aliphatic hydroxyl groups excluding tert-OH is 4. The third-order valence-corrected chi connectivity index (χ3v) is 6.06. The largest absolute Gasteiger partial charge is 0.394 e. The van der Waals surface area contributed by atoms with Crippen molar-refractivity contribution in [2.24, 2.45) is 0 Å². The number of nitrogens with zero attached hydrogens (tertiary/aromatic N) is 4. The Morgan fingerprint density at radius 2 is 1.59 bits per heavy atom. The Morgan fingerprint density at radius 3 is 2.24 bits per heavy atom. The molecule has 1 aliphatic rings. The van der Waals surface area contributed by atoms with Crippen molar-refractivity contribution in [2.45, 2.75) is 36.7 Å². The Hall–Kier alpha value is -3.41. The van der Waals surface area contributed by atoms with Crippen LogP contribution in [-0.2, 0) is 4.74 Å². The first-order chi connectivity index (χ1) is 16.6. The van der Waals surface area contributed by atoms with Crippen molar-refractivity contribution in [1.82, 2.24) is 19.5 Å². The molecule has 1 aliphatic heterocycles. The van der Waals surface area contributed by atoms with Crippen molar-refractivity contribution in [3.8, 4) is 0 Å². The van der Waals surface area contributed by atoms with Crippen LogP contribution in [0.5, 0.6) is 0 Å². The maximum absolute atomic E-state index is 11.2. The third-order valence-electron chi connectivity index (χ3n) is 6.06. The quantitative estimate of drug-likeness (QED) is 0.274. The zero-order valence-electron chi connectivity index (χ0n) is 18.1. The zero-order valence-corrected chi connectivity index (χ0v) is 18.1. The van der Waals surface area contributed by atoms with Gasteiger partial charge in [0.25, 0.3) is 0 Å². The fourth-order valence-corrected chi connectivity index (χ4v) is 4.25. The van der Waals surface area contributed by atoms with Gasteiger partial charge in [-0.2, -0.15) is 0 Å². The molecular formula is C24H25N5O5. The van der Waals surface area contributed by atoms with E-state index >= 15 is 0 Å². The number of benzene rings is 2. The third kappa shape index (κ3) is 4.02. The molecule has 0 aliphatic carbocycles. The highest BCUT2D eigenvalue weighted by Crippen LogP contribution is 2.35. The number of imidazole rings is 1. The Labute approximate surface area is 195 Å². The second kappa shape index (κ2) is 9.45. The van der Waals surface area contributed by atoms with Crippen LogP contribution in [-0.4, -0.2) is 64.9 Å². The van der Waals surface area contributed by atoms with Crippen LogP contribution in [0.25, 0.3) is 11.2 Å². The lowest BCUT2D eigenvalue weighted by molar-refractivity contribution is -0.0511. The van der Waals surface area contributed by atoms with E-state index < -0.39 is 43.3 Å². The van der Waals surface area contributed by atoms with Gasteiger partial charge < -0.3 is 30.5 Å². The molecule has 0 saturated carbocycles. The van der Waals surface area contributed by atoms with E-state index in [-0.39, 0.29) is 0 Å². The molecule has 5 N–H and O–H groups in total. The van der Waals surface area contributed by atoms with Gasteiger partial charge in [0.05, 0.1) is 19.0 Å². The number of fused-ring (bicyclic) bond motifs is 1. The summed E-state index contributed by atoms with van der Waals surface area (Å²) in [6.45, 7) is -0.431. The Kier molecular flexibility index (Phi) is 6.22. The first-order valence-corrected chi connectivity index (χ1v) is 10.9. The van der Waals surface area contributed by atoms with E-state index in [1.807, 2.05) is 60.7 Å². The summed E-state index contributed by atoms with van der Waals surface area (Å²) in [5.41, 5.74) is 2.37. The minimum absolute atomic E-state index is 0.369. The van der Waals surface area contributed by atoms with Crippen molar-refractivity contribution in [1.29, 1.82) is 0 Å². The molecular weight excluding hydrogens is 438 g/mol. The average molecular weight is 463 g/mol. The molecule has 1 fully saturated rings. The normalized spacial score (nSPS) is 24.2. The van der Waals surface area contributed by atoms with E-state index in [0.29, 0.717) is 17.0 Å². The molecule has 0 bridgehead atoms. The molecule has 6 atom stereocenters. The fraction of sp³-hybridized carbons (Fsp3) is 0.292.